The van der Waals surface area contributed by atoms with E-state index in [1.54, 1.807) is 0 Å². The van der Waals surface area contributed by atoms with Gasteiger partial charge in [-0.3, -0.25) is 14.9 Å². The van der Waals surface area contributed by atoms with Gasteiger partial charge in [0.05, 0.1) is 12.0 Å². The standard InChI is InChI=1S/C11H13N3O5/c1-13(7-10(15)19-2)11(16)12-8-4-3-5-9(6-8)14(17)18/h3-6H,7H2,1-2H3,(H,12,16). The van der Waals surface area contributed by atoms with E-state index in [0.717, 1.165) is 4.90 Å². The average Bonchev–Trinajstić information content (AvgIpc) is 2.38. The summed E-state index contributed by atoms with van der Waals surface area (Å²) in [5, 5.41) is 13.0. The molecule has 1 N–H and O–H groups in total. The van der Waals surface area contributed by atoms with E-state index in [2.05, 4.69) is 10.1 Å². The van der Waals surface area contributed by atoms with Gasteiger partial charge >= 0.3 is 12.0 Å². The number of carbonyl (C=O) groups is 2. The molecule has 0 aliphatic heterocycles. The molecule has 0 spiro atoms. The van der Waals surface area contributed by atoms with Gasteiger partial charge in [0.2, 0.25) is 0 Å². The summed E-state index contributed by atoms with van der Waals surface area (Å²) >= 11 is 0. The summed E-state index contributed by atoms with van der Waals surface area (Å²) in [5.74, 6) is -0.559. The zero-order valence-electron chi connectivity index (χ0n) is 10.5. The van der Waals surface area contributed by atoms with E-state index in [-0.39, 0.29) is 17.9 Å². The van der Waals surface area contributed by atoms with Crippen LogP contribution >= 0.6 is 0 Å². The predicted octanol–water partition coefficient (Wildman–Crippen LogP) is 1.23. The van der Waals surface area contributed by atoms with E-state index in [9.17, 15) is 19.7 Å². The average molecular weight is 267 g/mol. The number of anilines is 1. The Bertz CT molecular complexity index is 503. The largest absolute Gasteiger partial charge is 0.468 e. The number of methoxy groups -OCH3 is 1. The molecule has 0 aliphatic rings. The van der Waals surface area contributed by atoms with E-state index in [4.69, 9.17) is 0 Å². The number of nitrogens with one attached hydrogen (secondary N) is 1. The molecule has 1 rings (SSSR count). The maximum atomic E-state index is 11.7. The van der Waals surface area contributed by atoms with E-state index in [1.165, 1.54) is 38.4 Å². The Morgan fingerprint density at radius 2 is 2.16 bits per heavy atom. The molecule has 8 nitrogen and oxygen atoms in total. The topological polar surface area (TPSA) is 102 Å². The lowest BCUT2D eigenvalue weighted by Crippen LogP contribution is -2.35. The Hall–Kier alpha value is -2.64. The van der Waals surface area contributed by atoms with Crippen LogP contribution < -0.4 is 5.32 Å². The normalized spacial score (nSPS) is 9.58. The number of non-ortho nitro benzene ring substituents is 1. The van der Waals surface area contributed by atoms with Crippen molar-refractivity contribution < 1.29 is 19.2 Å². The minimum Gasteiger partial charge on any atom is -0.468 e. The van der Waals surface area contributed by atoms with Gasteiger partial charge in [-0.05, 0) is 6.07 Å². The van der Waals surface area contributed by atoms with Crippen LogP contribution in [0.5, 0.6) is 0 Å². The van der Waals surface area contributed by atoms with Crippen molar-refractivity contribution in [2.75, 3.05) is 26.0 Å². The lowest BCUT2D eigenvalue weighted by Gasteiger charge is -2.16. The van der Waals surface area contributed by atoms with Crippen molar-refractivity contribution in [3.63, 3.8) is 0 Å². The fraction of sp³-hybridized carbons (Fsp3) is 0.273. The first-order valence-electron chi connectivity index (χ1n) is 5.27. The number of ether oxygens (including phenoxy) is 1. The summed E-state index contributed by atoms with van der Waals surface area (Å²) in [6, 6.07) is 4.94. The van der Waals surface area contributed by atoms with Crippen LogP contribution in [0.15, 0.2) is 24.3 Å². The van der Waals surface area contributed by atoms with Gasteiger partial charge in [-0.2, -0.15) is 0 Å². The molecule has 1 aromatic carbocycles. The predicted molar refractivity (Wildman–Crippen MR) is 66.8 cm³/mol. The summed E-state index contributed by atoms with van der Waals surface area (Å²) in [6.07, 6.45) is 0. The van der Waals surface area contributed by atoms with Crippen LogP contribution in [0.25, 0.3) is 0 Å². The molecule has 0 saturated heterocycles. The Morgan fingerprint density at radius 3 is 2.74 bits per heavy atom. The summed E-state index contributed by atoms with van der Waals surface area (Å²) in [4.78, 5) is 33.8. The minimum atomic E-state index is -0.564. The smallest absolute Gasteiger partial charge is 0.325 e. The molecule has 0 saturated carbocycles. The van der Waals surface area contributed by atoms with Crippen molar-refractivity contribution in [1.29, 1.82) is 0 Å². The summed E-state index contributed by atoms with van der Waals surface area (Å²) in [7, 11) is 2.62. The van der Waals surface area contributed by atoms with E-state index >= 15 is 0 Å². The van der Waals surface area contributed by atoms with E-state index in [0.29, 0.717) is 0 Å². The summed E-state index contributed by atoms with van der Waals surface area (Å²) in [6.45, 7) is -0.211. The highest BCUT2D eigenvalue weighted by Gasteiger charge is 2.14. The third-order valence-corrected chi connectivity index (χ3v) is 2.25. The Kier molecular flexibility index (Phi) is 4.81. The van der Waals surface area contributed by atoms with Gasteiger partial charge in [-0.1, -0.05) is 6.07 Å². The molecule has 0 bridgehead atoms. The molecular formula is C11H13N3O5. The highest BCUT2D eigenvalue weighted by molar-refractivity contribution is 5.91. The second-order valence-corrected chi connectivity index (χ2v) is 3.67. The van der Waals surface area contributed by atoms with Crippen molar-refractivity contribution in [3.05, 3.63) is 34.4 Å². The molecule has 0 heterocycles. The first-order valence-corrected chi connectivity index (χ1v) is 5.27. The molecule has 0 aromatic heterocycles. The van der Waals surface area contributed by atoms with Gasteiger partial charge in [-0.25, -0.2) is 4.79 Å². The molecule has 8 heteroatoms. The maximum absolute atomic E-state index is 11.7. The Balaban J connectivity index is 2.68. The quantitative estimate of drug-likeness (QED) is 0.502. The first kappa shape index (κ1) is 14.4. The van der Waals surface area contributed by atoms with Crippen LogP contribution in [-0.2, 0) is 9.53 Å². The lowest BCUT2D eigenvalue weighted by atomic mass is 10.3. The van der Waals surface area contributed by atoms with E-state index in [1.807, 2.05) is 0 Å². The van der Waals surface area contributed by atoms with E-state index < -0.39 is 16.9 Å². The van der Waals surface area contributed by atoms with Crippen LogP contribution in [0.4, 0.5) is 16.2 Å². The number of rotatable bonds is 4. The second-order valence-electron chi connectivity index (χ2n) is 3.67. The molecule has 2 amide bonds. The van der Waals surface area contributed by atoms with Crippen LogP contribution in [0, 0.1) is 10.1 Å². The van der Waals surface area contributed by atoms with Crippen molar-refractivity contribution in [2.45, 2.75) is 0 Å². The molecular weight excluding hydrogens is 254 g/mol. The molecule has 0 atom stereocenters. The maximum Gasteiger partial charge on any atom is 0.325 e. The fourth-order valence-corrected chi connectivity index (χ4v) is 1.25. The number of nitro groups is 1. The fourth-order valence-electron chi connectivity index (χ4n) is 1.25. The second kappa shape index (κ2) is 6.34. The van der Waals surface area contributed by atoms with Crippen molar-refractivity contribution >= 4 is 23.4 Å². The molecule has 0 unspecified atom stereocenters. The van der Waals surface area contributed by atoms with Gasteiger partial charge in [0.25, 0.3) is 5.69 Å². The highest BCUT2D eigenvalue weighted by Crippen LogP contribution is 2.17. The zero-order chi connectivity index (χ0) is 14.4. The van der Waals surface area contributed by atoms with Gasteiger partial charge in [-0.15, -0.1) is 0 Å². The number of nitro benzene ring substituents is 1. The number of esters is 1. The lowest BCUT2D eigenvalue weighted by molar-refractivity contribution is -0.384. The number of carbonyl (C=O) groups excluding carboxylic acids is 2. The highest BCUT2D eigenvalue weighted by atomic mass is 16.6. The third kappa shape index (κ3) is 4.26. The number of hydrogen-bond donors (Lipinski definition) is 1. The number of benzene rings is 1. The van der Waals surface area contributed by atoms with Gasteiger partial charge < -0.3 is 15.0 Å². The van der Waals surface area contributed by atoms with Crippen LogP contribution in [-0.4, -0.2) is 42.5 Å². The van der Waals surface area contributed by atoms with Crippen molar-refractivity contribution in [1.82, 2.24) is 4.90 Å². The Morgan fingerprint density at radius 1 is 1.47 bits per heavy atom. The van der Waals surface area contributed by atoms with Gasteiger partial charge in [0, 0.05) is 24.9 Å². The van der Waals surface area contributed by atoms with Crippen molar-refractivity contribution in [2.24, 2.45) is 0 Å². The molecule has 0 radical (unpaired) electrons. The number of amides is 2. The SMILES string of the molecule is COC(=O)CN(C)C(=O)Nc1cccc([N+](=O)[O-])c1. The molecule has 1 aromatic rings. The third-order valence-electron chi connectivity index (χ3n) is 2.25. The summed E-state index contributed by atoms with van der Waals surface area (Å²) in [5.41, 5.74) is 0.143. The number of urea groups is 1. The Labute approximate surface area is 109 Å². The molecule has 0 fully saturated rings. The summed E-state index contributed by atoms with van der Waals surface area (Å²) < 4.78 is 4.42. The monoisotopic (exact) mass is 267 g/mol. The number of nitrogens with zero attached hydrogens (tertiary/aromatic N) is 2. The minimum absolute atomic E-state index is 0.131. The molecule has 0 aliphatic carbocycles. The number of hydrogen-bond acceptors (Lipinski definition) is 5. The molecule has 102 valence electrons. The number of likely N-dealkylation sites (N-methyl/N-ethyl adjacent to an activating group) is 1. The van der Waals surface area contributed by atoms with Gasteiger partial charge in [0.1, 0.15) is 6.54 Å². The van der Waals surface area contributed by atoms with Crippen molar-refractivity contribution in [3.8, 4) is 0 Å². The van der Waals surface area contributed by atoms with Crippen LogP contribution in [0.1, 0.15) is 0 Å². The zero-order valence-corrected chi connectivity index (χ0v) is 10.5. The van der Waals surface area contributed by atoms with Crippen LogP contribution in [0.3, 0.4) is 0 Å². The van der Waals surface area contributed by atoms with Gasteiger partial charge in [0.15, 0.2) is 0 Å². The van der Waals surface area contributed by atoms with Crippen LogP contribution in [0.2, 0.25) is 0 Å². The molecule has 19 heavy (non-hydrogen) atoms. The first-order chi connectivity index (χ1) is 8.93.